The number of hydrogen-bond acceptors (Lipinski definition) is 4. The second-order valence-corrected chi connectivity index (χ2v) is 5.80. The van der Waals surface area contributed by atoms with Crippen LogP contribution in [0.4, 0.5) is 5.69 Å². The van der Waals surface area contributed by atoms with Crippen molar-refractivity contribution < 1.29 is 4.79 Å². The zero-order chi connectivity index (χ0) is 16.9. The van der Waals surface area contributed by atoms with Gasteiger partial charge >= 0.3 is 0 Å². The highest BCUT2D eigenvalue weighted by atomic mass is 35.5. The number of anilines is 1. The first-order valence-corrected chi connectivity index (χ1v) is 7.88. The predicted molar refractivity (Wildman–Crippen MR) is 92.3 cm³/mol. The van der Waals surface area contributed by atoms with Gasteiger partial charge in [0.1, 0.15) is 6.33 Å². The fourth-order valence-electron chi connectivity index (χ4n) is 2.43. The van der Waals surface area contributed by atoms with E-state index in [1.807, 2.05) is 49.4 Å². The maximum Gasteiger partial charge on any atom is 0.224 e. The van der Waals surface area contributed by atoms with Crippen LogP contribution in [0.1, 0.15) is 17.5 Å². The molecule has 0 aliphatic heterocycles. The lowest BCUT2D eigenvalue weighted by atomic mass is 10.1. The Balaban J connectivity index is 1.62. The van der Waals surface area contributed by atoms with Crippen molar-refractivity contribution in [3.8, 4) is 5.69 Å². The van der Waals surface area contributed by atoms with Crippen LogP contribution < -0.4 is 5.32 Å². The lowest BCUT2D eigenvalue weighted by Crippen LogP contribution is -2.13. The van der Waals surface area contributed by atoms with E-state index in [0.29, 0.717) is 17.9 Å². The Morgan fingerprint density at radius 3 is 2.79 bits per heavy atom. The van der Waals surface area contributed by atoms with Crippen molar-refractivity contribution in [3.05, 3.63) is 64.9 Å². The van der Waals surface area contributed by atoms with Gasteiger partial charge < -0.3 is 5.32 Å². The summed E-state index contributed by atoms with van der Waals surface area (Å²) in [5, 5.41) is 14.7. The minimum absolute atomic E-state index is 0.0514. The molecule has 0 atom stereocenters. The number of hydrogen-bond donors (Lipinski definition) is 1. The molecule has 1 amide bonds. The lowest BCUT2D eigenvalue weighted by Gasteiger charge is -2.09. The number of amides is 1. The molecule has 7 heteroatoms. The molecule has 0 bridgehead atoms. The number of nitrogens with zero attached hydrogens (tertiary/aromatic N) is 4. The van der Waals surface area contributed by atoms with Crippen LogP contribution >= 0.6 is 11.6 Å². The van der Waals surface area contributed by atoms with Crippen LogP contribution in [0.2, 0.25) is 5.02 Å². The van der Waals surface area contributed by atoms with Gasteiger partial charge in [-0.05, 0) is 59.2 Å². The molecule has 2 aromatic carbocycles. The molecule has 3 aromatic rings. The van der Waals surface area contributed by atoms with Gasteiger partial charge in [0.2, 0.25) is 5.91 Å². The molecule has 1 aromatic heterocycles. The summed E-state index contributed by atoms with van der Waals surface area (Å²) in [5.41, 5.74) is 3.55. The van der Waals surface area contributed by atoms with E-state index in [2.05, 4.69) is 20.8 Å². The number of aromatic nitrogens is 4. The fourth-order valence-corrected chi connectivity index (χ4v) is 2.66. The first-order chi connectivity index (χ1) is 11.6. The van der Waals surface area contributed by atoms with Gasteiger partial charge in [0.25, 0.3) is 0 Å². The van der Waals surface area contributed by atoms with Crippen LogP contribution in [0.3, 0.4) is 0 Å². The van der Waals surface area contributed by atoms with Crippen LogP contribution in [0.15, 0.2) is 48.8 Å². The number of tetrazole rings is 1. The van der Waals surface area contributed by atoms with Crippen molar-refractivity contribution in [3.63, 3.8) is 0 Å². The minimum atomic E-state index is -0.0514. The quantitative estimate of drug-likeness (QED) is 0.773. The van der Waals surface area contributed by atoms with Crippen LogP contribution in [0.25, 0.3) is 5.69 Å². The third-order valence-corrected chi connectivity index (χ3v) is 4.02. The van der Waals surface area contributed by atoms with Gasteiger partial charge in [-0.15, -0.1) is 5.10 Å². The molecule has 0 aliphatic carbocycles. The maximum absolute atomic E-state index is 12.1. The molecular weight excluding hydrogens is 326 g/mol. The molecule has 24 heavy (non-hydrogen) atoms. The second kappa shape index (κ2) is 7.23. The Bertz CT molecular complexity index is 848. The average Bonchev–Trinajstić information content (AvgIpc) is 3.08. The Morgan fingerprint density at radius 2 is 2.08 bits per heavy atom. The molecule has 122 valence electrons. The first kappa shape index (κ1) is 16.1. The van der Waals surface area contributed by atoms with E-state index in [-0.39, 0.29) is 5.91 Å². The normalized spacial score (nSPS) is 10.6. The summed E-state index contributed by atoms with van der Waals surface area (Å²) in [7, 11) is 0. The Labute approximate surface area is 144 Å². The van der Waals surface area contributed by atoms with Crippen molar-refractivity contribution in [1.82, 2.24) is 20.2 Å². The van der Waals surface area contributed by atoms with E-state index in [1.54, 1.807) is 4.68 Å². The highest BCUT2D eigenvalue weighted by Gasteiger charge is 2.08. The third-order valence-electron chi connectivity index (χ3n) is 3.66. The molecule has 3 rings (SSSR count). The highest BCUT2D eigenvalue weighted by Crippen LogP contribution is 2.19. The molecule has 1 heterocycles. The fraction of sp³-hybridized carbons (Fsp3) is 0.176. The smallest absolute Gasteiger partial charge is 0.224 e. The highest BCUT2D eigenvalue weighted by molar-refractivity contribution is 6.31. The van der Waals surface area contributed by atoms with Crippen molar-refractivity contribution in [1.29, 1.82) is 0 Å². The molecule has 0 saturated heterocycles. The number of carbonyl (C=O) groups excluding carboxylic acids is 1. The summed E-state index contributed by atoms with van der Waals surface area (Å²) in [6.07, 6.45) is 2.51. The zero-order valence-electron chi connectivity index (χ0n) is 13.1. The predicted octanol–water partition coefficient (Wildman–Crippen LogP) is 3.20. The van der Waals surface area contributed by atoms with E-state index in [9.17, 15) is 4.79 Å². The van der Waals surface area contributed by atoms with E-state index >= 15 is 0 Å². The van der Waals surface area contributed by atoms with Crippen molar-refractivity contribution in [2.45, 2.75) is 19.8 Å². The van der Waals surface area contributed by atoms with Gasteiger partial charge in [0.05, 0.1) is 5.69 Å². The van der Waals surface area contributed by atoms with E-state index in [4.69, 9.17) is 11.6 Å². The molecule has 0 unspecified atom stereocenters. The van der Waals surface area contributed by atoms with Crippen molar-refractivity contribution in [2.24, 2.45) is 0 Å². The Morgan fingerprint density at radius 1 is 1.25 bits per heavy atom. The summed E-state index contributed by atoms with van der Waals surface area (Å²) in [6.45, 7) is 1.94. The van der Waals surface area contributed by atoms with Gasteiger partial charge in [-0.3, -0.25) is 4.79 Å². The Kier molecular flexibility index (Phi) is 4.86. The number of halogens is 1. The minimum Gasteiger partial charge on any atom is -0.326 e. The largest absolute Gasteiger partial charge is 0.326 e. The number of benzene rings is 2. The molecule has 1 N–H and O–H groups in total. The van der Waals surface area contributed by atoms with Crippen LogP contribution in [0.5, 0.6) is 0 Å². The SMILES string of the molecule is Cc1cc(NC(=O)CCc2ccccc2Cl)ccc1-n1cnnn1. The van der Waals surface area contributed by atoms with Crippen LogP contribution in [0, 0.1) is 6.92 Å². The molecule has 0 spiro atoms. The van der Waals surface area contributed by atoms with E-state index in [1.165, 1.54) is 6.33 Å². The standard InChI is InChI=1S/C17H16ClN5O/c1-12-10-14(7-8-16(12)23-11-19-21-22-23)20-17(24)9-6-13-4-2-3-5-15(13)18/h2-5,7-8,10-11H,6,9H2,1H3,(H,20,24). The summed E-state index contributed by atoms with van der Waals surface area (Å²) >= 11 is 6.10. The summed E-state index contributed by atoms with van der Waals surface area (Å²) in [6, 6.07) is 13.1. The summed E-state index contributed by atoms with van der Waals surface area (Å²) < 4.78 is 1.58. The van der Waals surface area contributed by atoms with E-state index < -0.39 is 0 Å². The second-order valence-electron chi connectivity index (χ2n) is 5.40. The van der Waals surface area contributed by atoms with Gasteiger partial charge in [0.15, 0.2) is 0 Å². The molecular formula is C17H16ClN5O. The van der Waals surface area contributed by atoms with Crippen LogP contribution in [-0.2, 0) is 11.2 Å². The molecule has 6 nitrogen and oxygen atoms in total. The summed E-state index contributed by atoms with van der Waals surface area (Å²) in [5.74, 6) is -0.0514. The molecule has 0 fully saturated rings. The topological polar surface area (TPSA) is 72.7 Å². The number of rotatable bonds is 5. The van der Waals surface area contributed by atoms with Crippen LogP contribution in [-0.4, -0.2) is 26.1 Å². The molecule has 0 radical (unpaired) electrons. The third kappa shape index (κ3) is 3.78. The average molecular weight is 342 g/mol. The Hall–Kier alpha value is -2.73. The lowest BCUT2D eigenvalue weighted by molar-refractivity contribution is -0.116. The zero-order valence-corrected chi connectivity index (χ0v) is 13.9. The first-order valence-electron chi connectivity index (χ1n) is 7.51. The van der Waals surface area contributed by atoms with Crippen molar-refractivity contribution >= 4 is 23.2 Å². The monoisotopic (exact) mass is 341 g/mol. The van der Waals surface area contributed by atoms with Gasteiger partial charge in [-0.25, -0.2) is 4.68 Å². The maximum atomic E-state index is 12.1. The van der Waals surface area contributed by atoms with Crippen molar-refractivity contribution in [2.75, 3.05) is 5.32 Å². The molecule has 0 aliphatic rings. The number of carbonyl (C=O) groups is 1. The molecule has 0 saturated carbocycles. The summed E-state index contributed by atoms with van der Waals surface area (Å²) in [4.78, 5) is 12.1. The number of nitrogens with one attached hydrogen (secondary N) is 1. The van der Waals surface area contributed by atoms with Gasteiger partial charge in [-0.2, -0.15) is 0 Å². The van der Waals surface area contributed by atoms with E-state index in [0.717, 1.165) is 22.5 Å². The number of aryl methyl sites for hydroxylation is 2. The van der Waals surface area contributed by atoms with Gasteiger partial charge in [0, 0.05) is 17.1 Å². The van der Waals surface area contributed by atoms with Gasteiger partial charge in [-0.1, -0.05) is 29.8 Å².